The first-order valence-electron chi connectivity index (χ1n) is 8.12. The lowest BCUT2D eigenvalue weighted by Crippen LogP contribution is -2.30. The molecule has 2 aromatic rings. The molecule has 0 saturated heterocycles. The number of hydrogen-bond donors (Lipinski definition) is 3. The van der Waals surface area contributed by atoms with Crippen molar-refractivity contribution < 1.29 is 9.59 Å². The predicted molar refractivity (Wildman–Crippen MR) is 106 cm³/mol. The van der Waals surface area contributed by atoms with E-state index in [2.05, 4.69) is 16.0 Å². The molecule has 26 heavy (non-hydrogen) atoms. The van der Waals surface area contributed by atoms with Gasteiger partial charge in [-0.2, -0.15) is 0 Å². The highest BCUT2D eigenvalue weighted by Crippen LogP contribution is 2.26. The lowest BCUT2D eigenvalue weighted by Gasteiger charge is -2.08. The summed E-state index contributed by atoms with van der Waals surface area (Å²) in [7, 11) is 0. The van der Waals surface area contributed by atoms with E-state index in [0.717, 1.165) is 12.8 Å². The smallest absolute Gasteiger partial charge is 0.319 e. The summed E-state index contributed by atoms with van der Waals surface area (Å²) >= 11 is 12.0. The average Bonchev–Trinajstić information content (AvgIpc) is 3.42. The predicted octanol–water partition coefficient (Wildman–Crippen LogP) is 4.93. The molecule has 134 valence electrons. The summed E-state index contributed by atoms with van der Waals surface area (Å²) in [6, 6.07) is 12.2. The number of benzene rings is 2. The molecule has 0 spiro atoms. The molecule has 1 fully saturated rings. The normalized spacial score (nSPS) is 13.5. The highest BCUT2D eigenvalue weighted by molar-refractivity contribution is 6.42. The number of halogens is 2. The van der Waals surface area contributed by atoms with Crippen molar-refractivity contribution in [2.24, 2.45) is 0 Å². The van der Waals surface area contributed by atoms with E-state index in [-0.39, 0.29) is 11.9 Å². The van der Waals surface area contributed by atoms with Crippen molar-refractivity contribution >= 4 is 52.6 Å². The zero-order valence-electron chi connectivity index (χ0n) is 13.8. The third kappa shape index (κ3) is 5.25. The number of urea groups is 1. The molecule has 0 bridgehead atoms. The van der Waals surface area contributed by atoms with Crippen LogP contribution < -0.4 is 16.0 Å². The molecule has 1 saturated carbocycles. The van der Waals surface area contributed by atoms with Crippen LogP contribution in [-0.2, 0) is 4.79 Å². The van der Waals surface area contributed by atoms with Crippen LogP contribution in [0.15, 0.2) is 48.5 Å². The van der Waals surface area contributed by atoms with E-state index in [1.165, 1.54) is 6.08 Å². The number of anilines is 2. The lowest BCUT2D eigenvalue weighted by atomic mass is 10.2. The highest BCUT2D eigenvalue weighted by atomic mass is 35.5. The Kier molecular flexibility index (Phi) is 5.81. The minimum absolute atomic E-state index is 0.217. The van der Waals surface area contributed by atoms with E-state index in [1.54, 1.807) is 48.5 Å². The van der Waals surface area contributed by atoms with Crippen molar-refractivity contribution in [3.8, 4) is 0 Å². The van der Waals surface area contributed by atoms with Gasteiger partial charge >= 0.3 is 6.03 Å². The fourth-order valence-corrected chi connectivity index (χ4v) is 2.59. The van der Waals surface area contributed by atoms with Gasteiger partial charge in [0.15, 0.2) is 0 Å². The van der Waals surface area contributed by atoms with E-state index in [9.17, 15) is 9.59 Å². The third-order valence-electron chi connectivity index (χ3n) is 3.72. The second-order valence-electron chi connectivity index (χ2n) is 5.92. The van der Waals surface area contributed by atoms with Crippen LogP contribution in [-0.4, -0.2) is 18.0 Å². The Balaban J connectivity index is 1.54. The molecule has 0 aliphatic heterocycles. The van der Waals surface area contributed by atoms with Gasteiger partial charge in [0.1, 0.15) is 0 Å². The van der Waals surface area contributed by atoms with Gasteiger partial charge in [0.25, 0.3) is 0 Å². The second kappa shape index (κ2) is 8.25. The van der Waals surface area contributed by atoms with Crippen LogP contribution in [0.2, 0.25) is 10.0 Å². The van der Waals surface area contributed by atoms with Gasteiger partial charge in [-0.25, -0.2) is 4.79 Å². The van der Waals surface area contributed by atoms with Crippen LogP contribution in [0.1, 0.15) is 18.4 Å². The van der Waals surface area contributed by atoms with Crippen LogP contribution in [0.5, 0.6) is 0 Å². The zero-order valence-corrected chi connectivity index (χ0v) is 15.3. The monoisotopic (exact) mass is 389 g/mol. The maximum absolute atomic E-state index is 12.0. The van der Waals surface area contributed by atoms with Crippen LogP contribution in [0, 0.1) is 0 Å². The molecule has 0 heterocycles. The van der Waals surface area contributed by atoms with Gasteiger partial charge in [0.05, 0.1) is 10.0 Å². The summed E-state index contributed by atoms with van der Waals surface area (Å²) < 4.78 is 0. The summed E-state index contributed by atoms with van der Waals surface area (Å²) in [6.45, 7) is 0. The van der Waals surface area contributed by atoms with Crippen molar-refractivity contribution in [3.63, 3.8) is 0 Å². The quantitative estimate of drug-likeness (QED) is 0.634. The van der Waals surface area contributed by atoms with E-state index in [4.69, 9.17) is 23.2 Å². The molecule has 2 aromatic carbocycles. The van der Waals surface area contributed by atoms with Gasteiger partial charge in [0, 0.05) is 23.5 Å². The molecule has 1 aliphatic carbocycles. The van der Waals surface area contributed by atoms with Gasteiger partial charge in [-0.05, 0) is 54.8 Å². The van der Waals surface area contributed by atoms with Gasteiger partial charge in [0.2, 0.25) is 5.91 Å². The SMILES string of the molecule is O=C(/C=C/c1cccc(Cl)c1Cl)Nc1ccc(NC(=O)NC2CC2)cc1. The van der Waals surface area contributed by atoms with Crippen molar-refractivity contribution in [1.29, 1.82) is 0 Å². The van der Waals surface area contributed by atoms with E-state index < -0.39 is 0 Å². The van der Waals surface area contributed by atoms with Crippen LogP contribution in [0.25, 0.3) is 6.08 Å². The number of carbonyl (C=O) groups excluding carboxylic acids is 2. The van der Waals surface area contributed by atoms with Gasteiger partial charge in [-0.1, -0.05) is 35.3 Å². The first kappa shape index (κ1) is 18.3. The molecule has 3 N–H and O–H groups in total. The Morgan fingerprint density at radius 2 is 1.62 bits per heavy atom. The fraction of sp³-hybridized carbons (Fsp3) is 0.158. The number of rotatable bonds is 5. The Bertz CT molecular complexity index is 846. The Labute approximate surface area is 161 Å². The maximum atomic E-state index is 12.0. The summed E-state index contributed by atoms with van der Waals surface area (Å²) in [5, 5.41) is 9.16. The van der Waals surface area contributed by atoms with Crippen LogP contribution >= 0.6 is 23.2 Å². The third-order valence-corrected chi connectivity index (χ3v) is 4.55. The molecular weight excluding hydrogens is 373 g/mol. The van der Waals surface area contributed by atoms with Gasteiger partial charge < -0.3 is 16.0 Å². The molecule has 3 rings (SSSR count). The molecule has 0 radical (unpaired) electrons. The minimum Gasteiger partial charge on any atom is -0.335 e. The Morgan fingerprint density at radius 1 is 0.962 bits per heavy atom. The summed E-state index contributed by atoms with van der Waals surface area (Å²) in [5.41, 5.74) is 1.93. The van der Waals surface area contributed by atoms with Crippen LogP contribution in [0.3, 0.4) is 0 Å². The molecule has 7 heteroatoms. The molecule has 0 atom stereocenters. The maximum Gasteiger partial charge on any atom is 0.319 e. The molecule has 5 nitrogen and oxygen atoms in total. The molecule has 0 unspecified atom stereocenters. The van der Waals surface area contributed by atoms with E-state index in [0.29, 0.717) is 33.0 Å². The molecule has 1 aliphatic rings. The Hall–Kier alpha value is -2.50. The molecule has 3 amide bonds. The van der Waals surface area contributed by atoms with Gasteiger partial charge in [-0.15, -0.1) is 0 Å². The average molecular weight is 390 g/mol. The minimum atomic E-state index is -0.298. The second-order valence-corrected chi connectivity index (χ2v) is 6.70. The summed E-state index contributed by atoms with van der Waals surface area (Å²) in [5.74, 6) is -0.298. The fourth-order valence-electron chi connectivity index (χ4n) is 2.22. The summed E-state index contributed by atoms with van der Waals surface area (Å²) in [4.78, 5) is 23.7. The van der Waals surface area contributed by atoms with Gasteiger partial charge in [-0.3, -0.25) is 4.79 Å². The first-order valence-corrected chi connectivity index (χ1v) is 8.87. The number of amides is 3. The largest absolute Gasteiger partial charge is 0.335 e. The van der Waals surface area contributed by atoms with E-state index >= 15 is 0 Å². The number of carbonyl (C=O) groups is 2. The van der Waals surface area contributed by atoms with Crippen molar-refractivity contribution in [2.45, 2.75) is 18.9 Å². The van der Waals surface area contributed by atoms with E-state index in [1.807, 2.05) is 0 Å². The highest BCUT2D eigenvalue weighted by Gasteiger charge is 2.23. The standard InChI is InChI=1S/C19H17Cl2N3O2/c20-16-3-1-2-12(18(16)21)4-11-17(25)22-13-5-7-14(8-6-13)23-19(26)24-15-9-10-15/h1-8,11,15H,9-10H2,(H,22,25)(H2,23,24,26)/b11-4+. The first-order chi connectivity index (χ1) is 12.5. The lowest BCUT2D eigenvalue weighted by molar-refractivity contribution is -0.111. The molecule has 0 aromatic heterocycles. The number of nitrogens with one attached hydrogen (secondary N) is 3. The zero-order chi connectivity index (χ0) is 18.5. The van der Waals surface area contributed by atoms with Crippen molar-refractivity contribution in [1.82, 2.24) is 5.32 Å². The Morgan fingerprint density at radius 3 is 2.27 bits per heavy atom. The van der Waals surface area contributed by atoms with Crippen molar-refractivity contribution in [3.05, 3.63) is 64.1 Å². The van der Waals surface area contributed by atoms with Crippen molar-refractivity contribution in [2.75, 3.05) is 10.6 Å². The summed E-state index contributed by atoms with van der Waals surface area (Å²) in [6.07, 6.45) is 5.05. The number of hydrogen-bond acceptors (Lipinski definition) is 2. The van der Waals surface area contributed by atoms with Crippen LogP contribution in [0.4, 0.5) is 16.2 Å². The topological polar surface area (TPSA) is 70.2 Å². The molecular formula is C19H17Cl2N3O2.